The molecule has 8 heteroatoms. The molecule has 0 spiro atoms. The van der Waals surface area contributed by atoms with Gasteiger partial charge in [0, 0.05) is 31.3 Å². The fourth-order valence-electron chi connectivity index (χ4n) is 2.94. The normalized spacial score (nSPS) is 10.9. The van der Waals surface area contributed by atoms with Gasteiger partial charge in [-0.1, -0.05) is 43.7 Å². The summed E-state index contributed by atoms with van der Waals surface area (Å²) < 4.78 is 5.56. The van der Waals surface area contributed by atoms with Crippen molar-refractivity contribution in [3.8, 4) is 11.5 Å². The maximum Gasteiger partial charge on any atom is 0.251 e. The minimum atomic E-state index is -0.0343. The van der Waals surface area contributed by atoms with Gasteiger partial charge >= 0.3 is 0 Å². The van der Waals surface area contributed by atoms with Crippen LogP contribution in [0.2, 0.25) is 0 Å². The first kappa shape index (κ1) is 25.4. The smallest absolute Gasteiger partial charge is 0.251 e. The van der Waals surface area contributed by atoms with Crippen molar-refractivity contribution in [2.45, 2.75) is 32.9 Å². The molecular formula is C24H30IN5O2. The number of nitrogens with one attached hydrogen (secondary N) is 3. The lowest BCUT2D eigenvalue weighted by Crippen LogP contribution is -2.36. The Morgan fingerprint density at radius 2 is 1.72 bits per heavy atom. The fourth-order valence-corrected chi connectivity index (χ4v) is 2.94. The summed E-state index contributed by atoms with van der Waals surface area (Å²) >= 11 is 0. The number of oxazole rings is 1. The number of rotatable bonds is 9. The second-order valence-electron chi connectivity index (χ2n) is 7.10. The Bertz CT molecular complexity index is 987. The van der Waals surface area contributed by atoms with E-state index in [0.29, 0.717) is 37.0 Å². The maximum atomic E-state index is 12.1. The molecule has 1 aromatic heterocycles. The second kappa shape index (κ2) is 13.5. The third kappa shape index (κ3) is 7.67. The summed E-state index contributed by atoms with van der Waals surface area (Å²) in [5.41, 5.74) is 3.46. The average Bonchev–Trinajstić information content (AvgIpc) is 3.29. The van der Waals surface area contributed by atoms with Crippen molar-refractivity contribution in [1.82, 2.24) is 20.9 Å². The van der Waals surface area contributed by atoms with Gasteiger partial charge in [-0.15, -0.1) is 24.0 Å². The van der Waals surface area contributed by atoms with E-state index in [1.165, 1.54) is 0 Å². The van der Waals surface area contributed by atoms with Crippen LogP contribution >= 0.6 is 24.0 Å². The lowest BCUT2D eigenvalue weighted by Gasteiger charge is -2.11. The predicted molar refractivity (Wildman–Crippen MR) is 138 cm³/mol. The third-order valence-corrected chi connectivity index (χ3v) is 4.73. The van der Waals surface area contributed by atoms with Crippen LogP contribution < -0.4 is 16.0 Å². The molecule has 0 aliphatic heterocycles. The lowest BCUT2D eigenvalue weighted by atomic mass is 10.1. The molecule has 0 saturated heterocycles. The van der Waals surface area contributed by atoms with Crippen LogP contribution in [0.25, 0.3) is 11.5 Å². The number of carbonyl (C=O) groups is 1. The van der Waals surface area contributed by atoms with Crippen molar-refractivity contribution in [3.05, 3.63) is 77.7 Å². The number of hydrogen-bond acceptors (Lipinski definition) is 4. The summed E-state index contributed by atoms with van der Waals surface area (Å²) in [6.45, 7) is 3.89. The molecule has 0 aliphatic rings. The highest BCUT2D eigenvalue weighted by molar-refractivity contribution is 14.0. The molecule has 0 atom stereocenters. The van der Waals surface area contributed by atoms with E-state index in [9.17, 15) is 4.79 Å². The van der Waals surface area contributed by atoms with Gasteiger partial charge in [-0.25, -0.2) is 4.98 Å². The molecule has 2 aromatic carbocycles. The summed E-state index contributed by atoms with van der Waals surface area (Å²) in [7, 11) is 1.72. The van der Waals surface area contributed by atoms with Gasteiger partial charge in [-0.3, -0.25) is 9.79 Å². The van der Waals surface area contributed by atoms with E-state index in [-0.39, 0.29) is 29.9 Å². The van der Waals surface area contributed by atoms with Gasteiger partial charge in [-0.05, 0) is 36.2 Å². The number of carbonyl (C=O) groups excluding carboxylic acids is 1. The Morgan fingerprint density at radius 3 is 2.41 bits per heavy atom. The molecule has 3 N–H and O–H groups in total. The van der Waals surface area contributed by atoms with Gasteiger partial charge < -0.3 is 20.4 Å². The van der Waals surface area contributed by atoms with E-state index in [0.717, 1.165) is 29.7 Å². The minimum absolute atomic E-state index is 0. The Hall–Kier alpha value is -2.88. The van der Waals surface area contributed by atoms with E-state index >= 15 is 0 Å². The van der Waals surface area contributed by atoms with E-state index < -0.39 is 0 Å². The Kier molecular flexibility index (Phi) is 10.7. The first-order valence-electron chi connectivity index (χ1n) is 10.5. The average molecular weight is 547 g/mol. The second-order valence-corrected chi connectivity index (χ2v) is 7.10. The van der Waals surface area contributed by atoms with Gasteiger partial charge in [0.1, 0.15) is 6.26 Å². The summed E-state index contributed by atoms with van der Waals surface area (Å²) in [6, 6.07) is 17.4. The van der Waals surface area contributed by atoms with Crippen molar-refractivity contribution >= 4 is 35.8 Å². The first-order valence-corrected chi connectivity index (χ1v) is 10.5. The van der Waals surface area contributed by atoms with Gasteiger partial charge in [0.05, 0.1) is 12.2 Å². The Morgan fingerprint density at radius 1 is 1.00 bits per heavy atom. The van der Waals surface area contributed by atoms with Crippen LogP contribution in [-0.2, 0) is 13.1 Å². The molecule has 0 radical (unpaired) electrons. The van der Waals surface area contributed by atoms with Crippen LogP contribution in [0.15, 0.2) is 70.3 Å². The molecular weight excluding hydrogens is 517 g/mol. The lowest BCUT2D eigenvalue weighted by molar-refractivity contribution is 0.0953. The standard InChI is InChI=1S/C24H29N5O2.HI/c1-3-4-14-26-22(30)19-12-10-18(11-13-19)15-27-24(25-2)28-16-21-17-31-23(29-21)20-8-6-5-7-9-20;/h5-13,17H,3-4,14-16H2,1-2H3,(H,26,30)(H2,25,27,28);1H. The summed E-state index contributed by atoms with van der Waals surface area (Å²) in [5.74, 6) is 1.22. The molecule has 1 heterocycles. The monoisotopic (exact) mass is 547 g/mol. The summed E-state index contributed by atoms with van der Waals surface area (Å²) in [4.78, 5) is 20.8. The topological polar surface area (TPSA) is 91.5 Å². The van der Waals surface area contributed by atoms with E-state index in [1.54, 1.807) is 13.3 Å². The maximum absolute atomic E-state index is 12.1. The molecule has 3 aromatic rings. The SMILES string of the molecule is CCCCNC(=O)c1ccc(CNC(=NC)NCc2coc(-c3ccccc3)n2)cc1.I. The van der Waals surface area contributed by atoms with Gasteiger partial charge in [0.15, 0.2) is 5.96 Å². The minimum Gasteiger partial charge on any atom is -0.444 e. The van der Waals surface area contributed by atoms with Gasteiger partial charge in [0.2, 0.25) is 5.89 Å². The van der Waals surface area contributed by atoms with Crippen LogP contribution in [0.1, 0.15) is 41.4 Å². The van der Waals surface area contributed by atoms with Crippen LogP contribution in [0.3, 0.4) is 0 Å². The quantitative estimate of drug-likeness (QED) is 0.160. The fraction of sp³-hybridized carbons (Fsp3) is 0.292. The van der Waals surface area contributed by atoms with Crippen molar-refractivity contribution in [1.29, 1.82) is 0 Å². The zero-order chi connectivity index (χ0) is 21.9. The molecule has 0 aliphatic carbocycles. The molecule has 32 heavy (non-hydrogen) atoms. The van der Waals surface area contributed by atoms with Crippen molar-refractivity contribution < 1.29 is 9.21 Å². The Labute approximate surface area is 206 Å². The van der Waals surface area contributed by atoms with Crippen molar-refractivity contribution in [3.63, 3.8) is 0 Å². The number of aliphatic imine (C=N–C) groups is 1. The summed E-state index contributed by atoms with van der Waals surface area (Å²) in [6.07, 6.45) is 3.69. The number of hydrogen-bond donors (Lipinski definition) is 3. The molecule has 0 unspecified atom stereocenters. The number of unbranched alkanes of at least 4 members (excludes halogenated alkanes) is 1. The number of nitrogens with zero attached hydrogens (tertiary/aromatic N) is 2. The van der Waals surface area contributed by atoms with E-state index in [4.69, 9.17) is 4.42 Å². The number of guanidine groups is 1. The van der Waals surface area contributed by atoms with Crippen LogP contribution in [-0.4, -0.2) is 30.4 Å². The molecule has 0 saturated carbocycles. The molecule has 0 bridgehead atoms. The molecule has 170 valence electrons. The van der Waals surface area contributed by atoms with E-state index in [2.05, 4.69) is 32.9 Å². The molecule has 1 amide bonds. The third-order valence-electron chi connectivity index (χ3n) is 4.73. The van der Waals surface area contributed by atoms with Crippen molar-refractivity contribution in [2.24, 2.45) is 4.99 Å². The molecule has 3 rings (SSSR count). The Balaban J connectivity index is 0.00000363. The van der Waals surface area contributed by atoms with Crippen LogP contribution in [0.4, 0.5) is 0 Å². The highest BCUT2D eigenvalue weighted by Crippen LogP contribution is 2.17. The molecule has 0 fully saturated rings. The van der Waals surface area contributed by atoms with Crippen LogP contribution in [0.5, 0.6) is 0 Å². The summed E-state index contributed by atoms with van der Waals surface area (Å²) in [5, 5.41) is 9.42. The molecule has 7 nitrogen and oxygen atoms in total. The van der Waals surface area contributed by atoms with E-state index in [1.807, 2.05) is 54.6 Å². The zero-order valence-electron chi connectivity index (χ0n) is 18.4. The zero-order valence-corrected chi connectivity index (χ0v) is 20.8. The highest BCUT2D eigenvalue weighted by atomic mass is 127. The van der Waals surface area contributed by atoms with Crippen molar-refractivity contribution in [2.75, 3.05) is 13.6 Å². The largest absolute Gasteiger partial charge is 0.444 e. The highest BCUT2D eigenvalue weighted by Gasteiger charge is 2.08. The predicted octanol–water partition coefficient (Wildman–Crippen LogP) is 4.35. The van der Waals surface area contributed by atoms with Crippen LogP contribution in [0, 0.1) is 0 Å². The number of halogens is 1. The number of amides is 1. The number of aromatic nitrogens is 1. The van der Waals surface area contributed by atoms with Gasteiger partial charge in [-0.2, -0.15) is 0 Å². The first-order chi connectivity index (χ1) is 15.2. The number of benzene rings is 2. The van der Waals surface area contributed by atoms with Gasteiger partial charge in [0.25, 0.3) is 5.91 Å².